The van der Waals surface area contributed by atoms with Gasteiger partial charge in [-0.2, -0.15) is 5.26 Å². The summed E-state index contributed by atoms with van der Waals surface area (Å²) in [5.41, 5.74) is 1.90. The summed E-state index contributed by atoms with van der Waals surface area (Å²) in [6.07, 6.45) is 0. The van der Waals surface area contributed by atoms with E-state index in [0.717, 1.165) is 5.56 Å². The number of carbonyl (C=O) groups is 2. The van der Waals surface area contributed by atoms with Crippen molar-refractivity contribution in [2.75, 3.05) is 7.11 Å². The van der Waals surface area contributed by atoms with Gasteiger partial charge in [-0.25, -0.2) is 0 Å². The second-order valence-electron chi connectivity index (χ2n) is 6.27. The Labute approximate surface area is 182 Å². The van der Waals surface area contributed by atoms with Crippen LogP contribution in [0.4, 0.5) is 0 Å². The first-order valence-corrected chi connectivity index (χ1v) is 10.3. The molecule has 1 amide bonds. The van der Waals surface area contributed by atoms with E-state index in [2.05, 4.69) is 11.4 Å². The van der Waals surface area contributed by atoms with Gasteiger partial charge in [0.05, 0.1) is 33.8 Å². The largest absolute Gasteiger partial charge is 0.468 e. The van der Waals surface area contributed by atoms with E-state index in [1.807, 2.05) is 12.1 Å². The minimum atomic E-state index is -1.13. The number of hydrogen-bond acceptors (Lipinski definition) is 5. The van der Waals surface area contributed by atoms with E-state index in [1.165, 1.54) is 18.9 Å². The molecule has 1 N–H and O–H groups in total. The van der Waals surface area contributed by atoms with Gasteiger partial charge in [0.15, 0.2) is 0 Å². The van der Waals surface area contributed by atoms with Gasteiger partial charge in [-0.05, 0) is 23.3 Å². The Balaban J connectivity index is 1.99. The van der Waals surface area contributed by atoms with E-state index < -0.39 is 23.7 Å². The van der Waals surface area contributed by atoms with Crippen molar-refractivity contribution in [3.8, 4) is 6.07 Å². The molecule has 1 aliphatic heterocycles. The van der Waals surface area contributed by atoms with Crippen LogP contribution in [-0.2, 0) is 20.1 Å². The number of carbonyl (C=O) groups excluding carboxylic acids is 2. The van der Waals surface area contributed by atoms with Crippen LogP contribution in [0.3, 0.4) is 0 Å². The summed E-state index contributed by atoms with van der Waals surface area (Å²) in [5, 5.41) is 13.9. The molecule has 0 fully saturated rings. The zero-order chi connectivity index (χ0) is 21.0. The number of amides is 1. The minimum Gasteiger partial charge on any atom is -0.468 e. The molecule has 0 saturated carbocycles. The SMILES string of the molecule is COC(=O)[C@H]1C(=O)NC(SCc2ccc(Cl)c(Cl)c2)=C(C#N)[C@H]1c1ccccc1. The van der Waals surface area contributed by atoms with E-state index in [-0.39, 0.29) is 0 Å². The lowest BCUT2D eigenvalue weighted by Crippen LogP contribution is -2.44. The van der Waals surface area contributed by atoms with Gasteiger partial charge in [-0.1, -0.05) is 59.6 Å². The number of ether oxygens (including phenoxy) is 1. The number of nitrogens with zero attached hydrogens (tertiary/aromatic N) is 1. The number of esters is 1. The summed E-state index contributed by atoms with van der Waals surface area (Å²) in [4.78, 5) is 25.1. The molecule has 2 aromatic carbocycles. The summed E-state index contributed by atoms with van der Waals surface area (Å²) in [5.74, 6) is -2.58. The second kappa shape index (κ2) is 9.36. The van der Waals surface area contributed by atoms with Crippen molar-refractivity contribution in [2.45, 2.75) is 11.7 Å². The number of allylic oxidation sites excluding steroid dienone is 1. The molecule has 3 rings (SSSR count). The molecule has 0 spiro atoms. The highest BCUT2D eigenvalue weighted by molar-refractivity contribution is 8.02. The quantitative estimate of drug-likeness (QED) is 0.533. The molecule has 8 heteroatoms. The average molecular weight is 447 g/mol. The van der Waals surface area contributed by atoms with E-state index in [0.29, 0.717) is 32.0 Å². The fourth-order valence-electron chi connectivity index (χ4n) is 3.12. The molecule has 0 unspecified atom stereocenters. The fraction of sp³-hybridized carbons (Fsp3) is 0.190. The molecule has 29 heavy (non-hydrogen) atoms. The fourth-order valence-corrected chi connectivity index (χ4v) is 4.44. The lowest BCUT2D eigenvalue weighted by Gasteiger charge is -2.31. The highest BCUT2D eigenvalue weighted by Gasteiger charge is 2.44. The average Bonchev–Trinajstić information content (AvgIpc) is 2.74. The van der Waals surface area contributed by atoms with Gasteiger partial charge in [0.25, 0.3) is 0 Å². The molecule has 0 bridgehead atoms. The Hall–Kier alpha value is -2.46. The smallest absolute Gasteiger partial charge is 0.319 e. The summed E-state index contributed by atoms with van der Waals surface area (Å²) in [6, 6.07) is 16.4. The number of hydrogen-bond donors (Lipinski definition) is 1. The lowest BCUT2D eigenvalue weighted by molar-refractivity contribution is -0.150. The first-order chi connectivity index (χ1) is 14.0. The third kappa shape index (κ3) is 4.59. The van der Waals surface area contributed by atoms with Crippen LogP contribution < -0.4 is 5.32 Å². The van der Waals surface area contributed by atoms with E-state index in [9.17, 15) is 14.9 Å². The number of thioether (sulfide) groups is 1. The van der Waals surface area contributed by atoms with E-state index in [1.54, 1.807) is 36.4 Å². The van der Waals surface area contributed by atoms with Crippen molar-refractivity contribution in [1.82, 2.24) is 5.32 Å². The van der Waals surface area contributed by atoms with Crippen molar-refractivity contribution in [2.24, 2.45) is 5.92 Å². The molecule has 2 atom stereocenters. The highest BCUT2D eigenvalue weighted by atomic mass is 35.5. The van der Waals surface area contributed by atoms with Gasteiger partial charge in [-0.3, -0.25) is 9.59 Å². The lowest BCUT2D eigenvalue weighted by atomic mass is 9.78. The number of methoxy groups -OCH3 is 1. The number of nitriles is 1. The van der Waals surface area contributed by atoms with Gasteiger partial charge in [0, 0.05) is 11.7 Å². The molecular formula is C21H16Cl2N2O3S. The zero-order valence-corrected chi connectivity index (χ0v) is 17.6. The van der Waals surface area contributed by atoms with Crippen LogP contribution in [0.15, 0.2) is 59.1 Å². The Kier molecular flexibility index (Phi) is 6.86. The Morgan fingerprint density at radius 2 is 1.93 bits per heavy atom. The van der Waals surface area contributed by atoms with Crippen molar-refractivity contribution in [3.05, 3.63) is 80.3 Å². The maximum atomic E-state index is 12.8. The van der Waals surface area contributed by atoms with E-state index >= 15 is 0 Å². The number of halogens is 2. The van der Waals surface area contributed by atoms with E-state index in [4.69, 9.17) is 27.9 Å². The van der Waals surface area contributed by atoms with Crippen LogP contribution in [0.5, 0.6) is 0 Å². The minimum absolute atomic E-state index is 0.316. The molecule has 5 nitrogen and oxygen atoms in total. The van der Waals surface area contributed by atoms with Crippen molar-refractivity contribution in [3.63, 3.8) is 0 Å². The van der Waals surface area contributed by atoms with Crippen LogP contribution in [0.2, 0.25) is 10.0 Å². The number of nitrogens with one attached hydrogen (secondary N) is 1. The van der Waals surface area contributed by atoms with Crippen LogP contribution in [-0.4, -0.2) is 19.0 Å². The van der Waals surface area contributed by atoms with Gasteiger partial charge in [0.2, 0.25) is 5.91 Å². The maximum absolute atomic E-state index is 12.8. The van der Waals surface area contributed by atoms with Crippen molar-refractivity contribution in [1.29, 1.82) is 5.26 Å². The molecule has 0 aromatic heterocycles. The molecule has 0 saturated heterocycles. The van der Waals surface area contributed by atoms with Gasteiger partial charge < -0.3 is 10.1 Å². The third-order valence-corrected chi connectivity index (χ3v) is 6.34. The molecular weight excluding hydrogens is 431 g/mol. The summed E-state index contributed by atoms with van der Waals surface area (Å²) in [6.45, 7) is 0. The molecule has 2 aromatic rings. The van der Waals surface area contributed by atoms with Gasteiger partial charge in [-0.15, -0.1) is 11.8 Å². The first kappa shape index (κ1) is 21.3. The second-order valence-corrected chi connectivity index (χ2v) is 8.07. The topological polar surface area (TPSA) is 79.2 Å². The Morgan fingerprint density at radius 1 is 1.21 bits per heavy atom. The van der Waals surface area contributed by atoms with Crippen molar-refractivity contribution >= 4 is 46.8 Å². The van der Waals surface area contributed by atoms with Crippen LogP contribution in [0.1, 0.15) is 17.0 Å². The van der Waals surface area contributed by atoms with Crippen LogP contribution in [0, 0.1) is 17.2 Å². The summed E-state index contributed by atoms with van der Waals surface area (Å²) in [7, 11) is 1.22. The predicted molar refractivity (Wildman–Crippen MR) is 113 cm³/mol. The van der Waals surface area contributed by atoms with Crippen molar-refractivity contribution < 1.29 is 14.3 Å². The Morgan fingerprint density at radius 3 is 2.55 bits per heavy atom. The molecule has 0 radical (unpaired) electrons. The van der Waals surface area contributed by atoms with Gasteiger partial charge >= 0.3 is 5.97 Å². The summed E-state index contributed by atoms with van der Waals surface area (Å²) >= 11 is 13.3. The van der Waals surface area contributed by atoms with Gasteiger partial charge in [0.1, 0.15) is 5.92 Å². The predicted octanol–water partition coefficient (Wildman–Crippen LogP) is 4.66. The first-order valence-electron chi connectivity index (χ1n) is 8.61. The number of benzene rings is 2. The summed E-state index contributed by atoms with van der Waals surface area (Å²) < 4.78 is 4.83. The highest BCUT2D eigenvalue weighted by Crippen LogP contribution is 2.40. The molecule has 0 aliphatic carbocycles. The van der Waals surface area contributed by atoms with Crippen LogP contribution >= 0.6 is 35.0 Å². The van der Waals surface area contributed by atoms with Crippen LogP contribution in [0.25, 0.3) is 0 Å². The standard InChI is InChI=1S/C21H16Cl2N2O3S/c1-28-21(27)18-17(13-5-3-2-4-6-13)14(10-24)20(25-19(18)26)29-11-12-7-8-15(22)16(23)9-12/h2-9,17-18H,11H2,1H3,(H,25,26)/t17-,18-/m1/s1. The third-order valence-electron chi connectivity index (χ3n) is 4.51. The molecule has 1 heterocycles. The molecule has 148 valence electrons. The molecule has 1 aliphatic rings. The normalized spacial score (nSPS) is 18.8. The number of rotatable bonds is 5. The monoisotopic (exact) mass is 446 g/mol. The Bertz CT molecular complexity index is 1020. The maximum Gasteiger partial charge on any atom is 0.319 e. The zero-order valence-electron chi connectivity index (χ0n) is 15.3.